The second kappa shape index (κ2) is 3.13. The minimum atomic E-state index is -0.696. The summed E-state index contributed by atoms with van der Waals surface area (Å²) in [5.74, 6) is -0.696. The molecule has 1 atom stereocenters. The van der Waals surface area contributed by atoms with Gasteiger partial charge in [0.25, 0.3) is 0 Å². The summed E-state index contributed by atoms with van der Waals surface area (Å²) in [6, 6.07) is 1.84. The molecule has 2 rings (SSSR count). The molecule has 0 aliphatic heterocycles. The van der Waals surface area contributed by atoms with E-state index in [0.29, 0.717) is 0 Å². The van der Waals surface area contributed by atoms with Gasteiger partial charge in [-0.25, -0.2) is 0 Å². The van der Waals surface area contributed by atoms with Crippen molar-refractivity contribution in [2.75, 3.05) is 7.05 Å². The minimum absolute atomic E-state index is 0.0775. The third kappa shape index (κ3) is 1.23. The van der Waals surface area contributed by atoms with Crippen LogP contribution in [0.15, 0.2) is 18.5 Å². The molecule has 14 heavy (non-hydrogen) atoms. The molecule has 76 valence electrons. The molecule has 4 nitrogen and oxygen atoms in total. The Balaban J connectivity index is 2.27. The molecule has 0 spiro atoms. The average molecular weight is 194 g/mol. The Morgan fingerprint density at radius 3 is 2.79 bits per heavy atom. The molecule has 3 N–H and O–H groups in total. The number of hydrogen-bond donors (Lipinski definition) is 3. The van der Waals surface area contributed by atoms with Gasteiger partial charge in [0, 0.05) is 18.4 Å². The van der Waals surface area contributed by atoms with Gasteiger partial charge in [0.1, 0.15) is 0 Å². The largest absolute Gasteiger partial charge is 0.481 e. The lowest BCUT2D eigenvalue weighted by molar-refractivity contribution is -0.144. The third-order valence-corrected chi connectivity index (χ3v) is 3.01. The maximum atomic E-state index is 11.1. The molecule has 0 bridgehead atoms. The van der Waals surface area contributed by atoms with Crippen molar-refractivity contribution in [2.24, 2.45) is 5.41 Å². The Kier molecular flexibility index (Phi) is 2.07. The number of hydrogen-bond acceptors (Lipinski definition) is 2. The zero-order valence-corrected chi connectivity index (χ0v) is 8.08. The molecule has 1 unspecified atom stereocenters. The summed E-state index contributed by atoms with van der Waals surface area (Å²) in [5.41, 5.74) is 0.448. The lowest BCUT2D eigenvalue weighted by Gasteiger charge is -2.22. The SMILES string of the molecule is CNC(c1cc[nH]c1)C1(C(=O)O)CC1. The highest BCUT2D eigenvalue weighted by Crippen LogP contribution is 2.54. The lowest BCUT2D eigenvalue weighted by atomic mass is 9.92. The monoisotopic (exact) mass is 194 g/mol. The molecule has 0 saturated heterocycles. The molecule has 0 radical (unpaired) electrons. The van der Waals surface area contributed by atoms with Crippen molar-refractivity contribution >= 4 is 5.97 Å². The molecule has 1 aromatic heterocycles. The Labute approximate surface area is 82.3 Å². The van der Waals surface area contributed by atoms with Crippen LogP contribution in [0, 0.1) is 5.41 Å². The van der Waals surface area contributed by atoms with Gasteiger partial charge in [-0.05, 0) is 31.5 Å². The van der Waals surface area contributed by atoms with Gasteiger partial charge in [0.05, 0.1) is 5.41 Å². The molecule has 0 aromatic carbocycles. The quantitative estimate of drug-likeness (QED) is 0.673. The lowest BCUT2D eigenvalue weighted by Crippen LogP contribution is -2.32. The van der Waals surface area contributed by atoms with E-state index in [2.05, 4.69) is 10.3 Å². The van der Waals surface area contributed by atoms with Crippen molar-refractivity contribution in [1.82, 2.24) is 10.3 Å². The fraction of sp³-hybridized carbons (Fsp3) is 0.500. The number of aromatic nitrogens is 1. The molecule has 1 aliphatic rings. The van der Waals surface area contributed by atoms with E-state index in [1.54, 1.807) is 7.05 Å². The Morgan fingerprint density at radius 2 is 2.43 bits per heavy atom. The first-order chi connectivity index (χ1) is 6.70. The summed E-state index contributed by atoms with van der Waals surface area (Å²) < 4.78 is 0. The van der Waals surface area contributed by atoms with Crippen LogP contribution >= 0.6 is 0 Å². The fourth-order valence-corrected chi connectivity index (χ4v) is 2.04. The van der Waals surface area contributed by atoms with E-state index >= 15 is 0 Å². The van der Waals surface area contributed by atoms with Crippen LogP contribution in [0.25, 0.3) is 0 Å². The van der Waals surface area contributed by atoms with Crippen LogP contribution in [-0.2, 0) is 4.79 Å². The molecule has 1 fully saturated rings. The van der Waals surface area contributed by atoms with E-state index in [1.165, 1.54) is 0 Å². The third-order valence-electron chi connectivity index (χ3n) is 3.01. The van der Waals surface area contributed by atoms with E-state index in [9.17, 15) is 4.79 Å². The van der Waals surface area contributed by atoms with Crippen LogP contribution in [-0.4, -0.2) is 23.1 Å². The first-order valence-corrected chi connectivity index (χ1v) is 4.74. The van der Waals surface area contributed by atoms with Crippen molar-refractivity contribution in [3.8, 4) is 0 Å². The maximum Gasteiger partial charge on any atom is 0.311 e. The maximum absolute atomic E-state index is 11.1. The topological polar surface area (TPSA) is 65.1 Å². The standard InChI is InChI=1S/C10H14N2O2/c1-11-8(7-2-5-12-6-7)10(3-4-10)9(13)14/h2,5-6,8,11-12H,3-4H2,1H3,(H,13,14). The summed E-state index contributed by atoms with van der Waals surface area (Å²) in [6.07, 6.45) is 5.19. The van der Waals surface area contributed by atoms with Crippen LogP contribution in [0.3, 0.4) is 0 Å². The summed E-state index contributed by atoms with van der Waals surface area (Å²) in [4.78, 5) is 14.1. The molecule has 0 amide bonds. The number of nitrogens with one attached hydrogen (secondary N) is 2. The number of carboxylic acids is 1. The van der Waals surface area contributed by atoms with Gasteiger partial charge in [0.2, 0.25) is 0 Å². The van der Waals surface area contributed by atoms with Crippen LogP contribution in [0.4, 0.5) is 0 Å². The van der Waals surface area contributed by atoms with Gasteiger partial charge in [0.15, 0.2) is 0 Å². The summed E-state index contributed by atoms with van der Waals surface area (Å²) in [6.45, 7) is 0. The highest BCUT2D eigenvalue weighted by Gasteiger charge is 2.56. The predicted molar refractivity (Wildman–Crippen MR) is 51.9 cm³/mol. The molecular weight excluding hydrogens is 180 g/mol. The van der Waals surface area contributed by atoms with Crippen LogP contribution in [0.2, 0.25) is 0 Å². The number of carboxylic acid groups (broad SMARTS) is 1. The summed E-state index contributed by atoms with van der Waals surface area (Å²) in [5, 5.41) is 12.2. The van der Waals surface area contributed by atoms with Crippen molar-refractivity contribution in [3.63, 3.8) is 0 Å². The molecule has 1 saturated carbocycles. The molecule has 1 heterocycles. The van der Waals surface area contributed by atoms with Gasteiger partial charge in [-0.3, -0.25) is 4.79 Å². The second-order valence-electron chi connectivity index (χ2n) is 3.83. The van der Waals surface area contributed by atoms with Crippen molar-refractivity contribution in [1.29, 1.82) is 0 Å². The summed E-state index contributed by atoms with van der Waals surface area (Å²) >= 11 is 0. The highest BCUT2D eigenvalue weighted by atomic mass is 16.4. The number of carbonyl (C=O) groups is 1. The Bertz CT molecular complexity index is 328. The normalized spacial score (nSPS) is 20.4. The smallest absolute Gasteiger partial charge is 0.311 e. The summed E-state index contributed by atoms with van der Waals surface area (Å²) in [7, 11) is 1.81. The van der Waals surface area contributed by atoms with Gasteiger partial charge < -0.3 is 15.4 Å². The Morgan fingerprint density at radius 1 is 1.71 bits per heavy atom. The number of H-pyrrole nitrogens is 1. The van der Waals surface area contributed by atoms with Crippen LogP contribution in [0.1, 0.15) is 24.4 Å². The molecular formula is C10H14N2O2. The first kappa shape index (κ1) is 9.27. The fourth-order valence-electron chi connectivity index (χ4n) is 2.04. The van der Waals surface area contributed by atoms with Crippen molar-refractivity contribution in [3.05, 3.63) is 24.0 Å². The van der Waals surface area contributed by atoms with E-state index < -0.39 is 11.4 Å². The van der Waals surface area contributed by atoms with E-state index in [1.807, 2.05) is 18.5 Å². The predicted octanol–water partition coefficient (Wildman–Crippen LogP) is 1.14. The van der Waals surface area contributed by atoms with Crippen molar-refractivity contribution in [2.45, 2.75) is 18.9 Å². The van der Waals surface area contributed by atoms with Gasteiger partial charge in [-0.1, -0.05) is 0 Å². The number of aromatic amines is 1. The highest BCUT2D eigenvalue weighted by molar-refractivity contribution is 5.79. The van der Waals surface area contributed by atoms with Gasteiger partial charge in [-0.2, -0.15) is 0 Å². The Hall–Kier alpha value is -1.29. The van der Waals surface area contributed by atoms with Gasteiger partial charge >= 0.3 is 5.97 Å². The minimum Gasteiger partial charge on any atom is -0.481 e. The first-order valence-electron chi connectivity index (χ1n) is 4.74. The van der Waals surface area contributed by atoms with E-state index in [-0.39, 0.29) is 6.04 Å². The van der Waals surface area contributed by atoms with Crippen LogP contribution in [0.5, 0.6) is 0 Å². The van der Waals surface area contributed by atoms with Gasteiger partial charge in [-0.15, -0.1) is 0 Å². The average Bonchev–Trinajstić information content (AvgIpc) is 2.77. The number of aliphatic carboxylic acids is 1. The number of rotatable bonds is 4. The zero-order chi connectivity index (χ0) is 10.2. The molecule has 4 heteroatoms. The molecule has 1 aromatic rings. The van der Waals surface area contributed by atoms with Crippen molar-refractivity contribution < 1.29 is 9.90 Å². The van der Waals surface area contributed by atoms with Crippen LogP contribution < -0.4 is 5.32 Å². The second-order valence-corrected chi connectivity index (χ2v) is 3.83. The molecule has 1 aliphatic carbocycles. The van der Waals surface area contributed by atoms with E-state index in [4.69, 9.17) is 5.11 Å². The zero-order valence-electron chi connectivity index (χ0n) is 8.08. The van der Waals surface area contributed by atoms with E-state index in [0.717, 1.165) is 18.4 Å².